The van der Waals surface area contributed by atoms with Crippen molar-refractivity contribution >= 4 is 11.9 Å². The van der Waals surface area contributed by atoms with Crippen molar-refractivity contribution in [2.24, 2.45) is 0 Å². The number of hydrogen-bond acceptors (Lipinski definition) is 6. The molecule has 2 aromatic carbocycles. The molecule has 1 heterocycles. The first kappa shape index (κ1) is 24.2. The molecule has 1 aromatic heterocycles. The molecule has 0 aliphatic rings. The molecule has 0 radical (unpaired) electrons. The van der Waals surface area contributed by atoms with Gasteiger partial charge in [0.1, 0.15) is 5.75 Å². The fraction of sp³-hybridized carbons (Fsp3) is 0.370. The Labute approximate surface area is 196 Å². The summed E-state index contributed by atoms with van der Waals surface area (Å²) in [5, 5.41) is 0. The highest BCUT2D eigenvalue weighted by Crippen LogP contribution is 2.21. The third kappa shape index (κ3) is 7.04. The third-order valence-corrected chi connectivity index (χ3v) is 5.33. The molecule has 0 unspecified atom stereocenters. The molecular formula is C27H33N3O3. The van der Waals surface area contributed by atoms with Gasteiger partial charge in [0.25, 0.3) is 0 Å². The number of carbonyl (C=O) groups is 1. The molecule has 0 N–H and O–H groups in total. The van der Waals surface area contributed by atoms with Gasteiger partial charge in [-0.25, -0.2) is 14.8 Å². The van der Waals surface area contributed by atoms with E-state index in [-0.39, 0.29) is 5.97 Å². The van der Waals surface area contributed by atoms with E-state index in [2.05, 4.69) is 33.9 Å². The summed E-state index contributed by atoms with van der Waals surface area (Å²) in [6.07, 6.45) is 5.54. The van der Waals surface area contributed by atoms with Crippen LogP contribution in [0.25, 0.3) is 0 Å². The second-order valence-corrected chi connectivity index (χ2v) is 8.38. The number of aryl methyl sites for hydroxylation is 1. The molecule has 174 valence electrons. The molecule has 0 fully saturated rings. The van der Waals surface area contributed by atoms with Crippen LogP contribution in [0.3, 0.4) is 0 Å². The number of carbonyl (C=O) groups excluding carboxylic acids is 1. The van der Waals surface area contributed by atoms with E-state index >= 15 is 0 Å². The molecule has 3 aromatic rings. The van der Waals surface area contributed by atoms with Crippen molar-refractivity contribution < 1.29 is 14.3 Å². The number of anilines is 1. The van der Waals surface area contributed by atoms with E-state index in [1.54, 1.807) is 20.8 Å². The number of ether oxygens (including phenoxy) is 2. The number of aromatic nitrogens is 2. The maximum absolute atomic E-state index is 12.1. The molecule has 0 aliphatic heterocycles. The topological polar surface area (TPSA) is 64.6 Å². The Morgan fingerprint density at radius 2 is 1.58 bits per heavy atom. The first-order chi connectivity index (χ1) is 15.9. The standard InChI is InChI=1S/C27H33N3O3/c1-5-21-18-28-26(29-19-21)30(20-23-10-8-7-9-11-23)17-16-22-12-14-24(15-13-22)33-27(3,4)25(31)32-6-2/h7-15,18-19H,5-6,16-17,20H2,1-4H3. The van der Waals surface area contributed by atoms with Gasteiger partial charge in [-0.1, -0.05) is 49.4 Å². The van der Waals surface area contributed by atoms with E-state index in [1.165, 1.54) is 11.1 Å². The van der Waals surface area contributed by atoms with Crippen molar-refractivity contribution in [3.63, 3.8) is 0 Å². The van der Waals surface area contributed by atoms with Crippen LogP contribution < -0.4 is 9.64 Å². The van der Waals surface area contributed by atoms with Crippen molar-refractivity contribution in [1.29, 1.82) is 0 Å². The molecule has 0 amide bonds. The van der Waals surface area contributed by atoms with Crippen LogP contribution >= 0.6 is 0 Å². The molecule has 0 bridgehead atoms. The van der Waals surface area contributed by atoms with Crippen LogP contribution in [-0.4, -0.2) is 34.7 Å². The predicted octanol–water partition coefficient (Wildman–Crippen LogP) is 5.01. The van der Waals surface area contributed by atoms with Crippen molar-refractivity contribution in [2.45, 2.75) is 52.7 Å². The zero-order valence-corrected chi connectivity index (χ0v) is 20.0. The Morgan fingerprint density at radius 3 is 2.18 bits per heavy atom. The van der Waals surface area contributed by atoms with Gasteiger partial charge in [-0.05, 0) is 62.4 Å². The Hall–Kier alpha value is -3.41. The first-order valence-electron chi connectivity index (χ1n) is 11.5. The average Bonchev–Trinajstić information content (AvgIpc) is 2.83. The minimum absolute atomic E-state index is 0.328. The van der Waals surface area contributed by atoms with Crippen LogP contribution in [0.15, 0.2) is 67.0 Å². The van der Waals surface area contributed by atoms with Gasteiger partial charge in [-0.15, -0.1) is 0 Å². The molecule has 0 saturated heterocycles. The number of rotatable bonds is 11. The van der Waals surface area contributed by atoms with Crippen LogP contribution in [-0.2, 0) is 28.9 Å². The van der Waals surface area contributed by atoms with Crippen molar-refractivity contribution in [1.82, 2.24) is 9.97 Å². The first-order valence-corrected chi connectivity index (χ1v) is 11.5. The lowest BCUT2D eigenvalue weighted by molar-refractivity contribution is -0.158. The Kier molecular flexibility index (Phi) is 8.41. The van der Waals surface area contributed by atoms with Crippen LogP contribution in [0.2, 0.25) is 0 Å². The number of esters is 1. The zero-order chi connectivity index (χ0) is 23.7. The van der Waals surface area contributed by atoms with E-state index in [4.69, 9.17) is 9.47 Å². The summed E-state index contributed by atoms with van der Waals surface area (Å²) in [6, 6.07) is 18.2. The van der Waals surface area contributed by atoms with Gasteiger partial charge in [-0.2, -0.15) is 0 Å². The molecule has 6 nitrogen and oxygen atoms in total. The molecule has 0 atom stereocenters. The van der Waals surface area contributed by atoms with Crippen molar-refractivity contribution in [3.8, 4) is 5.75 Å². The fourth-order valence-electron chi connectivity index (χ4n) is 3.38. The Morgan fingerprint density at radius 1 is 0.909 bits per heavy atom. The number of benzene rings is 2. The van der Waals surface area contributed by atoms with Gasteiger partial charge < -0.3 is 14.4 Å². The molecule has 3 rings (SSSR count). The van der Waals surface area contributed by atoms with Gasteiger partial charge in [0, 0.05) is 25.5 Å². The molecule has 0 saturated carbocycles. The summed E-state index contributed by atoms with van der Waals surface area (Å²) in [5.74, 6) is 0.989. The average molecular weight is 448 g/mol. The minimum Gasteiger partial charge on any atom is -0.476 e. The van der Waals surface area contributed by atoms with Crippen LogP contribution in [0.5, 0.6) is 5.75 Å². The smallest absolute Gasteiger partial charge is 0.349 e. The maximum atomic E-state index is 12.1. The maximum Gasteiger partial charge on any atom is 0.349 e. The summed E-state index contributed by atoms with van der Waals surface area (Å²) in [7, 11) is 0. The number of hydrogen-bond donors (Lipinski definition) is 0. The second-order valence-electron chi connectivity index (χ2n) is 8.38. The molecule has 33 heavy (non-hydrogen) atoms. The molecular weight excluding hydrogens is 414 g/mol. The van der Waals surface area contributed by atoms with E-state index in [9.17, 15) is 4.79 Å². The van der Waals surface area contributed by atoms with Crippen LogP contribution in [0.4, 0.5) is 5.95 Å². The summed E-state index contributed by atoms with van der Waals surface area (Å²) < 4.78 is 11.0. The lowest BCUT2D eigenvalue weighted by Crippen LogP contribution is -2.39. The van der Waals surface area contributed by atoms with E-state index in [0.29, 0.717) is 12.4 Å². The van der Waals surface area contributed by atoms with Gasteiger partial charge in [-0.3, -0.25) is 0 Å². The summed E-state index contributed by atoms with van der Waals surface area (Å²) in [5.41, 5.74) is 2.47. The third-order valence-electron chi connectivity index (χ3n) is 5.33. The largest absolute Gasteiger partial charge is 0.476 e. The van der Waals surface area contributed by atoms with Crippen LogP contribution in [0.1, 0.15) is 44.4 Å². The summed E-state index contributed by atoms with van der Waals surface area (Å²) in [4.78, 5) is 23.5. The van der Waals surface area contributed by atoms with Crippen molar-refractivity contribution in [3.05, 3.63) is 83.7 Å². The highest BCUT2D eigenvalue weighted by atomic mass is 16.6. The van der Waals surface area contributed by atoms with Gasteiger partial charge in [0.2, 0.25) is 5.95 Å². The van der Waals surface area contributed by atoms with Crippen LogP contribution in [0, 0.1) is 0 Å². The van der Waals surface area contributed by atoms with Crippen molar-refractivity contribution in [2.75, 3.05) is 18.1 Å². The predicted molar refractivity (Wildman–Crippen MR) is 130 cm³/mol. The second kappa shape index (κ2) is 11.5. The highest BCUT2D eigenvalue weighted by molar-refractivity contribution is 5.79. The summed E-state index contributed by atoms with van der Waals surface area (Å²) >= 11 is 0. The highest BCUT2D eigenvalue weighted by Gasteiger charge is 2.31. The molecule has 0 aliphatic carbocycles. The summed E-state index contributed by atoms with van der Waals surface area (Å²) in [6.45, 7) is 9.15. The fourth-order valence-corrected chi connectivity index (χ4v) is 3.38. The normalized spacial score (nSPS) is 11.2. The number of nitrogens with zero attached hydrogens (tertiary/aromatic N) is 3. The zero-order valence-electron chi connectivity index (χ0n) is 20.0. The quantitative estimate of drug-likeness (QED) is 0.385. The van der Waals surface area contributed by atoms with E-state index in [1.807, 2.05) is 54.9 Å². The Balaban J connectivity index is 1.67. The van der Waals surface area contributed by atoms with E-state index < -0.39 is 5.60 Å². The minimum atomic E-state index is -1.04. The molecule has 0 spiro atoms. The lowest BCUT2D eigenvalue weighted by atomic mass is 10.1. The van der Waals surface area contributed by atoms with Gasteiger partial charge in [0.05, 0.1) is 6.61 Å². The van der Waals surface area contributed by atoms with Gasteiger partial charge >= 0.3 is 5.97 Å². The molecule has 6 heteroatoms. The van der Waals surface area contributed by atoms with E-state index in [0.717, 1.165) is 37.4 Å². The SMILES string of the molecule is CCOC(=O)C(C)(C)Oc1ccc(CCN(Cc2ccccc2)c2ncc(CC)cn2)cc1. The monoisotopic (exact) mass is 447 g/mol. The lowest BCUT2D eigenvalue weighted by Gasteiger charge is -2.24. The van der Waals surface area contributed by atoms with Gasteiger partial charge in [0.15, 0.2) is 5.60 Å². The Bertz CT molecular complexity index is 1000.